The molecule has 1 heterocycles. The summed E-state index contributed by atoms with van der Waals surface area (Å²) in [7, 11) is 3.12. The molecule has 0 radical (unpaired) electrons. The summed E-state index contributed by atoms with van der Waals surface area (Å²) in [4.78, 5) is 14.1. The minimum Gasteiger partial charge on any atom is -0.497 e. The fraction of sp³-hybridized carbons (Fsp3) is 0.462. The predicted octanol–water partition coefficient (Wildman–Crippen LogP) is 1.30. The van der Waals surface area contributed by atoms with E-state index >= 15 is 0 Å². The molecule has 0 saturated carbocycles. The minimum absolute atomic E-state index is 0. The van der Waals surface area contributed by atoms with Crippen LogP contribution in [0, 0.1) is 0 Å². The fourth-order valence-electron chi connectivity index (χ4n) is 2.12. The zero-order valence-electron chi connectivity index (χ0n) is 11.1. The van der Waals surface area contributed by atoms with E-state index in [0.29, 0.717) is 30.2 Å². The lowest BCUT2D eigenvalue weighted by Gasteiger charge is -2.18. The van der Waals surface area contributed by atoms with Gasteiger partial charge in [-0.3, -0.25) is 4.79 Å². The van der Waals surface area contributed by atoms with E-state index in [1.54, 1.807) is 37.3 Å². The molecule has 1 atom stereocenters. The number of nitrogens with zero attached hydrogens (tertiary/aromatic N) is 1. The van der Waals surface area contributed by atoms with E-state index in [-0.39, 0.29) is 24.4 Å². The van der Waals surface area contributed by atoms with Crippen molar-refractivity contribution in [2.45, 2.75) is 12.5 Å². The first-order valence-electron chi connectivity index (χ1n) is 5.92. The molecule has 1 aromatic rings. The van der Waals surface area contributed by atoms with Crippen molar-refractivity contribution in [3.05, 3.63) is 23.8 Å². The molecule has 1 saturated heterocycles. The Morgan fingerprint density at radius 1 is 1.37 bits per heavy atom. The Hall–Kier alpha value is -1.46. The Kier molecular flexibility index (Phi) is 5.44. The molecule has 1 aliphatic heterocycles. The van der Waals surface area contributed by atoms with E-state index in [0.717, 1.165) is 6.42 Å². The van der Waals surface area contributed by atoms with Crippen LogP contribution in [0.4, 0.5) is 0 Å². The number of hydrogen-bond acceptors (Lipinski definition) is 4. The Morgan fingerprint density at radius 2 is 2.11 bits per heavy atom. The van der Waals surface area contributed by atoms with Crippen molar-refractivity contribution in [1.29, 1.82) is 0 Å². The zero-order chi connectivity index (χ0) is 13.1. The van der Waals surface area contributed by atoms with Gasteiger partial charge in [0, 0.05) is 25.2 Å². The Labute approximate surface area is 119 Å². The van der Waals surface area contributed by atoms with Gasteiger partial charge in [0.15, 0.2) is 0 Å². The van der Waals surface area contributed by atoms with E-state index in [1.165, 1.54) is 0 Å². The van der Waals surface area contributed by atoms with Gasteiger partial charge in [-0.25, -0.2) is 0 Å². The highest BCUT2D eigenvalue weighted by Gasteiger charge is 2.26. The molecule has 1 amide bonds. The maximum absolute atomic E-state index is 12.3. The summed E-state index contributed by atoms with van der Waals surface area (Å²) in [6, 6.07) is 5.27. The van der Waals surface area contributed by atoms with Crippen molar-refractivity contribution in [2.24, 2.45) is 5.73 Å². The number of likely N-dealkylation sites (tertiary alicyclic amines) is 1. The average Bonchev–Trinajstić information content (AvgIpc) is 2.83. The molecular weight excluding hydrogens is 268 g/mol. The normalized spacial score (nSPS) is 17.8. The lowest BCUT2D eigenvalue weighted by Crippen LogP contribution is -2.32. The molecule has 106 valence electrons. The van der Waals surface area contributed by atoms with Gasteiger partial charge in [-0.2, -0.15) is 0 Å². The van der Waals surface area contributed by atoms with Gasteiger partial charge in [-0.1, -0.05) is 0 Å². The number of nitrogens with two attached hydrogens (primary N) is 1. The number of rotatable bonds is 3. The number of methoxy groups -OCH3 is 2. The molecule has 1 aromatic carbocycles. The number of halogens is 1. The third kappa shape index (κ3) is 3.30. The van der Waals surface area contributed by atoms with Crippen molar-refractivity contribution in [1.82, 2.24) is 4.90 Å². The van der Waals surface area contributed by atoms with Gasteiger partial charge < -0.3 is 20.1 Å². The van der Waals surface area contributed by atoms with Crippen LogP contribution >= 0.6 is 12.4 Å². The fourth-order valence-corrected chi connectivity index (χ4v) is 2.12. The van der Waals surface area contributed by atoms with Gasteiger partial charge in [0.05, 0.1) is 19.8 Å². The van der Waals surface area contributed by atoms with E-state index in [4.69, 9.17) is 15.2 Å². The smallest absolute Gasteiger partial charge is 0.257 e. The maximum atomic E-state index is 12.3. The number of carbonyl (C=O) groups is 1. The molecule has 5 nitrogen and oxygen atoms in total. The van der Waals surface area contributed by atoms with E-state index in [9.17, 15) is 4.79 Å². The average molecular weight is 287 g/mol. The van der Waals surface area contributed by atoms with Crippen LogP contribution in [0.1, 0.15) is 16.8 Å². The molecule has 0 unspecified atom stereocenters. The first-order chi connectivity index (χ1) is 8.65. The second kappa shape index (κ2) is 6.63. The van der Waals surface area contributed by atoms with Crippen molar-refractivity contribution in [3.63, 3.8) is 0 Å². The molecule has 2 N–H and O–H groups in total. The number of carbonyl (C=O) groups excluding carboxylic acids is 1. The number of hydrogen-bond donors (Lipinski definition) is 1. The first-order valence-corrected chi connectivity index (χ1v) is 5.92. The standard InChI is InChI=1S/C13H18N2O3.ClH/c1-17-10-3-4-11(12(7-10)18-2)13(16)15-6-5-9(14)8-15;/h3-4,7,9H,5-6,8,14H2,1-2H3;1H/t9-;/m1./s1. The summed E-state index contributed by atoms with van der Waals surface area (Å²) in [5.41, 5.74) is 6.36. The van der Waals surface area contributed by atoms with Gasteiger partial charge in [-0.15, -0.1) is 12.4 Å². The zero-order valence-corrected chi connectivity index (χ0v) is 11.9. The monoisotopic (exact) mass is 286 g/mol. The highest BCUT2D eigenvalue weighted by Crippen LogP contribution is 2.26. The predicted molar refractivity (Wildman–Crippen MR) is 75.3 cm³/mol. The third-order valence-corrected chi connectivity index (χ3v) is 3.15. The number of amides is 1. The number of ether oxygens (including phenoxy) is 2. The molecule has 19 heavy (non-hydrogen) atoms. The second-order valence-corrected chi connectivity index (χ2v) is 4.37. The quantitative estimate of drug-likeness (QED) is 0.910. The summed E-state index contributed by atoms with van der Waals surface area (Å²) in [6.07, 6.45) is 0.851. The molecule has 1 fully saturated rings. The lowest BCUT2D eigenvalue weighted by molar-refractivity contribution is 0.0787. The van der Waals surface area contributed by atoms with Crippen molar-refractivity contribution in [2.75, 3.05) is 27.3 Å². The first kappa shape index (κ1) is 15.6. The van der Waals surface area contributed by atoms with Crippen LogP contribution in [0.25, 0.3) is 0 Å². The summed E-state index contributed by atoms with van der Waals surface area (Å²) in [6.45, 7) is 1.31. The summed E-state index contributed by atoms with van der Waals surface area (Å²) in [5, 5.41) is 0. The Morgan fingerprint density at radius 3 is 2.63 bits per heavy atom. The van der Waals surface area contributed by atoms with Crippen LogP contribution in [0.2, 0.25) is 0 Å². The van der Waals surface area contributed by atoms with Gasteiger partial charge in [0.2, 0.25) is 0 Å². The van der Waals surface area contributed by atoms with Crippen LogP contribution in [0.3, 0.4) is 0 Å². The summed E-state index contributed by atoms with van der Waals surface area (Å²) < 4.78 is 10.3. The lowest BCUT2D eigenvalue weighted by atomic mass is 10.1. The van der Waals surface area contributed by atoms with Crippen LogP contribution in [0.15, 0.2) is 18.2 Å². The molecule has 0 aromatic heterocycles. The molecule has 0 bridgehead atoms. The highest BCUT2D eigenvalue weighted by atomic mass is 35.5. The molecule has 0 spiro atoms. The molecular formula is C13H19ClN2O3. The maximum Gasteiger partial charge on any atom is 0.257 e. The van der Waals surface area contributed by atoms with Gasteiger partial charge in [0.1, 0.15) is 11.5 Å². The third-order valence-electron chi connectivity index (χ3n) is 3.15. The topological polar surface area (TPSA) is 64.8 Å². The van der Waals surface area contributed by atoms with Crippen LogP contribution in [-0.4, -0.2) is 44.2 Å². The van der Waals surface area contributed by atoms with Gasteiger partial charge in [-0.05, 0) is 18.6 Å². The SMILES string of the molecule is COc1ccc(C(=O)N2CC[C@@H](N)C2)c(OC)c1.Cl. The second-order valence-electron chi connectivity index (χ2n) is 4.37. The van der Waals surface area contributed by atoms with Crippen LogP contribution in [-0.2, 0) is 0 Å². The largest absolute Gasteiger partial charge is 0.497 e. The molecule has 2 rings (SSSR count). The molecule has 1 aliphatic rings. The van der Waals surface area contributed by atoms with Crippen molar-refractivity contribution in [3.8, 4) is 11.5 Å². The van der Waals surface area contributed by atoms with Gasteiger partial charge >= 0.3 is 0 Å². The van der Waals surface area contributed by atoms with E-state index in [1.807, 2.05) is 0 Å². The van der Waals surface area contributed by atoms with Crippen molar-refractivity contribution < 1.29 is 14.3 Å². The number of benzene rings is 1. The van der Waals surface area contributed by atoms with E-state index < -0.39 is 0 Å². The summed E-state index contributed by atoms with van der Waals surface area (Å²) >= 11 is 0. The van der Waals surface area contributed by atoms with Crippen molar-refractivity contribution >= 4 is 18.3 Å². The van der Waals surface area contributed by atoms with Crippen LogP contribution < -0.4 is 15.2 Å². The van der Waals surface area contributed by atoms with Crippen LogP contribution in [0.5, 0.6) is 11.5 Å². The Balaban J connectivity index is 0.00000180. The van der Waals surface area contributed by atoms with E-state index in [2.05, 4.69) is 0 Å². The summed E-state index contributed by atoms with van der Waals surface area (Å²) in [5.74, 6) is 1.16. The molecule has 0 aliphatic carbocycles. The minimum atomic E-state index is -0.0394. The highest BCUT2D eigenvalue weighted by molar-refractivity contribution is 5.97. The molecule has 6 heteroatoms. The van der Waals surface area contributed by atoms with Gasteiger partial charge in [0.25, 0.3) is 5.91 Å². The Bertz CT molecular complexity index is 454.